The number of nitrogens with one attached hydrogen (secondary N) is 1. The predicted molar refractivity (Wildman–Crippen MR) is 72.8 cm³/mol. The van der Waals surface area contributed by atoms with Gasteiger partial charge in [-0.05, 0) is 31.0 Å². The number of anilines is 1. The van der Waals surface area contributed by atoms with Gasteiger partial charge in [-0.3, -0.25) is 0 Å². The van der Waals surface area contributed by atoms with Crippen molar-refractivity contribution >= 4 is 17.3 Å². The molecule has 2 fully saturated rings. The number of hydrogen-bond donors (Lipinski definition) is 1. The van der Waals surface area contributed by atoms with Crippen LogP contribution in [-0.2, 0) is 0 Å². The standard InChI is InChI=1S/C14H18ClFN2/c15-11-7-12(16)9-13(8-11)18-6-5-17-14(10-18)3-1-2-4-14/h7-9,17H,1-6,10H2. The molecule has 18 heavy (non-hydrogen) atoms. The fraction of sp³-hybridized carbons (Fsp3) is 0.571. The van der Waals surface area contributed by atoms with E-state index in [2.05, 4.69) is 10.2 Å². The number of hydrogen-bond acceptors (Lipinski definition) is 2. The van der Waals surface area contributed by atoms with Crippen molar-refractivity contribution < 1.29 is 4.39 Å². The van der Waals surface area contributed by atoms with Crippen LogP contribution in [0, 0.1) is 5.82 Å². The molecular formula is C14H18ClFN2. The molecule has 1 spiro atoms. The summed E-state index contributed by atoms with van der Waals surface area (Å²) in [5.74, 6) is -0.253. The molecule has 1 saturated heterocycles. The minimum absolute atomic E-state index is 0.247. The molecule has 0 aromatic heterocycles. The topological polar surface area (TPSA) is 15.3 Å². The molecule has 4 heteroatoms. The van der Waals surface area contributed by atoms with Gasteiger partial charge in [0.15, 0.2) is 0 Å². The van der Waals surface area contributed by atoms with Crippen LogP contribution in [-0.4, -0.2) is 25.2 Å². The first-order valence-electron chi connectivity index (χ1n) is 6.63. The maximum atomic E-state index is 13.4. The van der Waals surface area contributed by atoms with E-state index in [4.69, 9.17) is 11.6 Å². The first kappa shape index (κ1) is 12.2. The highest BCUT2D eigenvalue weighted by Crippen LogP contribution is 2.34. The normalized spacial score (nSPS) is 22.7. The average molecular weight is 269 g/mol. The van der Waals surface area contributed by atoms with Crippen molar-refractivity contribution in [3.8, 4) is 0 Å². The van der Waals surface area contributed by atoms with E-state index in [1.54, 1.807) is 6.07 Å². The lowest BCUT2D eigenvalue weighted by Crippen LogP contribution is -2.59. The summed E-state index contributed by atoms with van der Waals surface area (Å²) in [6, 6.07) is 4.80. The Balaban J connectivity index is 1.83. The highest BCUT2D eigenvalue weighted by atomic mass is 35.5. The lowest BCUT2D eigenvalue weighted by molar-refractivity contribution is 0.304. The Bertz CT molecular complexity index is 423. The summed E-state index contributed by atoms with van der Waals surface area (Å²) in [6.45, 7) is 2.85. The molecule has 0 unspecified atom stereocenters. The molecule has 98 valence electrons. The van der Waals surface area contributed by atoms with E-state index in [-0.39, 0.29) is 11.4 Å². The molecule has 1 N–H and O–H groups in total. The lowest BCUT2D eigenvalue weighted by Gasteiger charge is -2.42. The SMILES string of the molecule is Fc1cc(Cl)cc(N2CCNC3(CCCC3)C2)c1. The first-order chi connectivity index (χ1) is 8.67. The van der Waals surface area contributed by atoms with Gasteiger partial charge in [0.05, 0.1) is 0 Å². The van der Waals surface area contributed by atoms with E-state index >= 15 is 0 Å². The molecule has 1 aliphatic carbocycles. The van der Waals surface area contributed by atoms with Gasteiger partial charge in [-0.1, -0.05) is 24.4 Å². The Morgan fingerprint density at radius 3 is 2.72 bits per heavy atom. The van der Waals surface area contributed by atoms with Crippen molar-refractivity contribution in [1.29, 1.82) is 0 Å². The molecule has 0 atom stereocenters. The van der Waals surface area contributed by atoms with Crippen LogP contribution >= 0.6 is 11.6 Å². The highest BCUT2D eigenvalue weighted by molar-refractivity contribution is 6.30. The summed E-state index contributed by atoms with van der Waals surface area (Å²) in [6.07, 6.45) is 5.05. The Morgan fingerprint density at radius 1 is 1.22 bits per heavy atom. The number of rotatable bonds is 1. The summed E-state index contributed by atoms with van der Waals surface area (Å²) < 4.78 is 13.4. The van der Waals surface area contributed by atoms with Crippen LogP contribution in [0.25, 0.3) is 0 Å². The van der Waals surface area contributed by atoms with Gasteiger partial charge in [0, 0.05) is 35.9 Å². The van der Waals surface area contributed by atoms with Gasteiger partial charge in [0.1, 0.15) is 5.82 Å². The number of nitrogens with zero attached hydrogens (tertiary/aromatic N) is 1. The van der Waals surface area contributed by atoms with E-state index in [0.29, 0.717) is 5.02 Å². The Morgan fingerprint density at radius 2 is 2.00 bits per heavy atom. The molecule has 2 nitrogen and oxygen atoms in total. The minimum Gasteiger partial charge on any atom is -0.368 e. The third-order valence-electron chi connectivity index (χ3n) is 4.15. The number of benzene rings is 1. The molecule has 1 aromatic carbocycles. The van der Waals surface area contributed by atoms with E-state index in [1.165, 1.54) is 31.7 Å². The average Bonchev–Trinajstić information content (AvgIpc) is 2.76. The fourth-order valence-corrected chi connectivity index (χ4v) is 3.50. The van der Waals surface area contributed by atoms with E-state index in [9.17, 15) is 4.39 Å². The zero-order valence-corrected chi connectivity index (χ0v) is 11.1. The third-order valence-corrected chi connectivity index (χ3v) is 4.37. The van der Waals surface area contributed by atoms with Crippen LogP contribution < -0.4 is 10.2 Å². The maximum Gasteiger partial charge on any atom is 0.126 e. The Labute approximate surface area is 112 Å². The Kier molecular flexibility index (Phi) is 3.20. The molecule has 2 aliphatic rings. The summed E-state index contributed by atoms with van der Waals surface area (Å²) in [5, 5.41) is 4.13. The zero-order chi connectivity index (χ0) is 12.6. The molecule has 1 heterocycles. The van der Waals surface area contributed by atoms with Crippen LogP contribution in [0.4, 0.5) is 10.1 Å². The third kappa shape index (κ3) is 2.34. The van der Waals surface area contributed by atoms with Gasteiger partial charge in [-0.15, -0.1) is 0 Å². The molecule has 1 aliphatic heterocycles. The van der Waals surface area contributed by atoms with Crippen LogP contribution in [0.5, 0.6) is 0 Å². The second-order valence-corrected chi connectivity index (χ2v) is 5.90. The molecular weight excluding hydrogens is 251 g/mol. The minimum atomic E-state index is -0.253. The van der Waals surface area contributed by atoms with Crippen molar-refractivity contribution in [2.24, 2.45) is 0 Å². The molecule has 1 aromatic rings. The van der Waals surface area contributed by atoms with Gasteiger partial charge < -0.3 is 10.2 Å². The molecule has 0 radical (unpaired) electrons. The summed E-state index contributed by atoms with van der Waals surface area (Å²) in [7, 11) is 0. The van der Waals surface area contributed by atoms with Crippen LogP contribution in [0.2, 0.25) is 5.02 Å². The maximum absolute atomic E-state index is 13.4. The van der Waals surface area contributed by atoms with Crippen molar-refractivity contribution in [3.05, 3.63) is 29.0 Å². The van der Waals surface area contributed by atoms with Crippen LogP contribution in [0.3, 0.4) is 0 Å². The van der Waals surface area contributed by atoms with Crippen molar-refractivity contribution in [1.82, 2.24) is 5.32 Å². The zero-order valence-electron chi connectivity index (χ0n) is 10.4. The van der Waals surface area contributed by atoms with Gasteiger partial charge in [0.25, 0.3) is 0 Å². The Hall–Kier alpha value is -0.800. The van der Waals surface area contributed by atoms with Gasteiger partial charge >= 0.3 is 0 Å². The van der Waals surface area contributed by atoms with Crippen LogP contribution in [0.1, 0.15) is 25.7 Å². The smallest absolute Gasteiger partial charge is 0.126 e. The molecule has 1 saturated carbocycles. The van der Waals surface area contributed by atoms with E-state index in [1.807, 2.05) is 6.07 Å². The number of piperazine rings is 1. The van der Waals surface area contributed by atoms with E-state index < -0.39 is 0 Å². The quantitative estimate of drug-likeness (QED) is 0.841. The molecule has 0 amide bonds. The summed E-state index contributed by atoms with van der Waals surface area (Å²) in [5.41, 5.74) is 1.16. The fourth-order valence-electron chi connectivity index (χ4n) is 3.29. The molecule has 3 rings (SSSR count). The summed E-state index contributed by atoms with van der Waals surface area (Å²) in [4.78, 5) is 2.26. The van der Waals surface area contributed by atoms with Crippen molar-refractivity contribution in [2.45, 2.75) is 31.2 Å². The second-order valence-electron chi connectivity index (χ2n) is 5.46. The number of halogens is 2. The van der Waals surface area contributed by atoms with Gasteiger partial charge in [-0.2, -0.15) is 0 Å². The highest BCUT2D eigenvalue weighted by Gasteiger charge is 2.37. The predicted octanol–water partition coefficient (Wildman–Crippen LogP) is 3.20. The van der Waals surface area contributed by atoms with E-state index in [0.717, 1.165) is 25.3 Å². The lowest BCUT2D eigenvalue weighted by atomic mass is 9.94. The largest absolute Gasteiger partial charge is 0.368 e. The van der Waals surface area contributed by atoms with Gasteiger partial charge in [-0.25, -0.2) is 4.39 Å². The van der Waals surface area contributed by atoms with Crippen LogP contribution in [0.15, 0.2) is 18.2 Å². The van der Waals surface area contributed by atoms with Gasteiger partial charge in [0.2, 0.25) is 0 Å². The second kappa shape index (κ2) is 4.71. The van der Waals surface area contributed by atoms with Crippen molar-refractivity contribution in [2.75, 3.05) is 24.5 Å². The first-order valence-corrected chi connectivity index (χ1v) is 7.01. The molecule has 0 bridgehead atoms. The monoisotopic (exact) mass is 268 g/mol. The van der Waals surface area contributed by atoms with Crippen molar-refractivity contribution in [3.63, 3.8) is 0 Å². The summed E-state index contributed by atoms with van der Waals surface area (Å²) >= 11 is 5.94.